The van der Waals surface area contributed by atoms with E-state index in [1.807, 2.05) is 37.3 Å². The molecule has 1 N–H and O–H groups in total. The summed E-state index contributed by atoms with van der Waals surface area (Å²) in [7, 11) is 0. The highest BCUT2D eigenvalue weighted by atomic mass is 16.6. The third-order valence-electron chi connectivity index (χ3n) is 8.46. The summed E-state index contributed by atoms with van der Waals surface area (Å²) in [5.74, 6) is 1.98. The Labute approximate surface area is 259 Å². The van der Waals surface area contributed by atoms with Gasteiger partial charge in [-0.25, -0.2) is 4.98 Å². The van der Waals surface area contributed by atoms with Gasteiger partial charge in [0, 0.05) is 30.6 Å². The Morgan fingerprint density at radius 3 is 2.64 bits per heavy atom. The number of aromatic nitrogens is 3. The van der Waals surface area contributed by atoms with Crippen LogP contribution in [-0.2, 0) is 35.7 Å². The standard InChI is InChI=1S/C35H42N4O5/c1-5-43-34-28(19-41-23-40)16-36-39(34)32-11-7-10-31(37-32)29-9-6-8-24(2)33(29)44-18-26-14-25(3)30-17-38(13-12-27(30)15-26)20-35(4)21-42-22-35/h6-11,14-16,40H,5,12-13,17-23H2,1-4H3. The van der Waals surface area contributed by atoms with Gasteiger partial charge in [0.05, 0.1) is 43.9 Å². The van der Waals surface area contributed by atoms with Crippen LogP contribution in [0.1, 0.15) is 47.2 Å². The number of aliphatic hydroxyl groups is 1. The number of hydrogen-bond donors (Lipinski definition) is 1. The highest BCUT2D eigenvalue weighted by molar-refractivity contribution is 5.69. The molecule has 2 aliphatic rings. The number of nitrogens with zero attached hydrogens (tertiary/aromatic N) is 4. The van der Waals surface area contributed by atoms with Crippen LogP contribution in [0.2, 0.25) is 0 Å². The van der Waals surface area contributed by atoms with Gasteiger partial charge in [0.15, 0.2) is 5.82 Å². The van der Waals surface area contributed by atoms with Gasteiger partial charge in [-0.05, 0) is 73.2 Å². The van der Waals surface area contributed by atoms with Gasteiger partial charge in [0.1, 0.15) is 19.1 Å². The monoisotopic (exact) mass is 598 g/mol. The van der Waals surface area contributed by atoms with Crippen LogP contribution < -0.4 is 9.47 Å². The van der Waals surface area contributed by atoms with E-state index in [0.29, 0.717) is 30.3 Å². The highest BCUT2D eigenvalue weighted by Gasteiger charge is 2.36. The molecule has 9 heteroatoms. The minimum absolute atomic E-state index is 0.191. The van der Waals surface area contributed by atoms with E-state index in [0.717, 1.165) is 67.4 Å². The third-order valence-corrected chi connectivity index (χ3v) is 8.46. The van der Waals surface area contributed by atoms with Crippen LogP contribution in [0, 0.1) is 19.3 Å². The number of fused-ring (bicyclic) bond motifs is 1. The molecule has 0 aliphatic carbocycles. The van der Waals surface area contributed by atoms with Crippen LogP contribution in [0.15, 0.2) is 54.7 Å². The van der Waals surface area contributed by atoms with Crippen molar-refractivity contribution in [2.45, 2.75) is 53.9 Å². The fraction of sp³-hybridized carbons (Fsp3) is 0.429. The van der Waals surface area contributed by atoms with Gasteiger partial charge in [-0.1, -0.05) is 37.3 Å². The average molecular weight is 599 g/mol. The molecular formula is C35H42N4O5. The van der Waals surface area contributed by atoms with E-state index < -0.39 is 0 Å². The highest BCUT2D eigenvalue weighted by Crippen LogP contribution is 2.35. The van der Waals surface area contributed by atoms with Crippen molar-refractivity contribution >= 4 is 0 Å². The molecule has 232 valence electrons. The molecule has 0 atom stereocenters. The fourth-order valence-corrected chi connectivity index (χ4v) is 6.27. The first kappa shape index (κ1) is 30.3. The Morgan fingerprint density at radius 2 is 1.86 bits per heavy atom. The molecule has 2 aromatic carbocycles. The molecular weight excluding hydrogens is 556 g/mol. The Hall–Kier alpha value is -3.76. The fourth-order valence-electron chi connectivity index (χ4n) is 6.27. The summed E-state index contributed by atoms with van der Waals surface area (Å²) in [4.78, 5) is 7.54. The summed E-state index contributed by atoms with van der Waals surface area (Å²) >= 11 is 0. The van der Waals surface area contributed by atoms with Crippen LogP contribution in [0.25, 0.3) is 17.1 Å². The van der Waals surface area contributed by atoms with Gasteiger partial charge in [-0.15, -0.1) is 0 Å². The lowest BCUT2D eigenvalue weighted by Gasteiger charge is -2.43. The number of aliphatic hydroxyl groups excluding tert-OH is 1. The zero-order chi connectivity index (χ0) is 30.7. The van der Waals surface area contributed by atoms with Crippen molar-refractivity contribution < 1.29 is 24.1 Å². The lowest BCUT2D eigenvalue weighted by molar-refractivity contribution is -0.116. The molecule has 0 spiro atoms. The topological polar surface area (TPSA) is 91.1 Å². The maximum Gasteiger partial charge on any atom is 0.223 e. The predicted molar refractivity (Wildman–Crippen MR) is 168 cm³/mol. The molecule has 4 aromatic rings. The lowest BCUT2D eigenvalue weighted by atomic mass is 9.86. The minimum atomic E-state index is -0.375. The summed E-state index contributed by atoms with van der Waals surface area (Å²) in [5.41, 5.74) is 9.17. The Morgan fingerprint density at radius 1 is 1.02 bits per heavy atom. The van der Waals surface area contributed by atoms with Crippen molar-refractivity contribution in [2.24, 2.45) is 5.41 Å². The molecule has 2 aliphatic heterocycles. The number of ether oxygens (including phenoxy) is 4. The Balaban J connectivity index is 1.22. The van der Waals surface area contributed by atoms with Gasteiger partial charge in [-0.2, -0.15) is 9.78 Å². The quantitative estimate of drug-likeness (QED) is 0.217. The van der Waals surface area contributed by atoms with Crippen LogP contribution in [0.4, 0.5) is 0 Å². The molecule has 6 rings (SSSR count). The zero-order valence-corrected chi connectivity index (χ0v) is 26.1. The van der Waals surface area contributed by atoms with Crippen molar-refractivity contribution in [3.63, 3.8) is 0 Å². The SMILES string of the molecule is CCOc1c(COCO)cnn1-c1cccc(-c2cccc(C)c2OCc2cc(C)c3c(c2)CCN(CC2(C)COC2)C3)n1. The molecule has 9 nitrogen and oxygen atoms in total. The van der Waals surface area contributed by atoms with Crippen molar-refractivity contribution in [3.05, 3.63) is 88.1 Å². The number of para-hydroxylation sites is 1. The van der Waals surface area contributed by atoms with E-state index >= 15 is 0 Å². The smallest absolute Gasteiger partial charge is 0.223 e. The van der Waals surface area contributed by atoms with Gasteiger partial charge < -0.3 is 24.1 Å². The molecule has 1 saturated heterocycles. The maximum atomic E-state index is 9.10. The largest absolute Gasteiger partial charge is 0.488 e. The summed E-state index contributed by atoms with van der Waals surface area (Å²) in [6, 6.07) is 16.6. The van der Waals surface area contributed by atoms with Gasteiger partial charge in [0.2, 0.25) is 5.88 Å². The van der Waals surface area contributed by atoms with Crippen molar-refractivity contribution in [1.82, 2.24) is 19.7 Å². The number of hydrogen-bond acceptors (Lipinski definition) is 8. The molecule has 1 fully saturated rings. The van der Waals surface area contributed by atoms with E-state index in [1.165, 1.54) is 22.3 Å². The second-order valence-corrected chi connectivity index (χ2v) is 12.2. The molecule has 2 aromatic heterocycles. The number of benzene rings is 2. The van der Waals surface area contributed by atoms with Crippen molar-refractivity contribution in [3.8, 4) is 28.7 Å². The molecule has 0 amide bonds. The Kier molecular flexibility index (Phi) is 9.00. The second-order valence-electron chi connectivity index (χ2n) is 12.2. The number of rotatable bonds is 12. The number of aryl methyl sites for hydroxylation is 2. The molecule has 0 bridgehead atoms. The van der Waals surface area contributed by atoms with Crippen LogP contribution in [0.5, 0.6) is 11.6 Å². The zero-order valence-electron chi connectivity index (χ0n) is 26.1. The molecule has 4 heterocycles. The van der Waals surface area contributed by atoms with Crippen molar-refractivity contribution in [2.75, 3.05) is 39.7 Å². The first-order chi connectivity index (χ1) is 21.4. The van der Waals surface area contributed by atoms with E-state index in [2.05, 4.69) is 49.0 Å². The minimum Gasteiger partial charge on any atom is -0.488 e. The maximum absolute atomic E-state index is 9.10. The van der Waals surface area contributed by atoms with Gasteiger partial charge in [-0.3, -0.25) is 4.90 Å². The first-order valence-electron chi connectivity index (χ1n) is 15.4. The predicted octanol–water partition coefficient (Wildman–Crippen LogP) is 5.39. The summed E-state index contributed by atoms with van der Waals surface area (Å²) in [6.45, 7) is 14.2. The van der Waals surface area contributed by atoms with Crippen molar-refractivity contribution in [1.29, 1.82) is 0 Å². The molecule has 0 unspecified atom stereocenters. The normalized spacial score (nSPS) is 15.9. The summed E-state index contributed by atoms with van der Waals surface area (Å²) in [6.07, 6.45) is 2.73. The summed E-state index contributed by atoms with van der Waals surface area (Å²) < 4.78 is 24.8. The van der Waals surface area contributed by atoms with E-state index in [4.69, 9.17) is 29.0 Å². The molecule has 0 radical (unpaired) electrons. The van der Waals surface area contributed by atoms with Crippen LogP contribution in [0.3, 0.4) is 0 Å². The van der Waals surface area contributed by atoms with E-state index in [9.17, 15) is 0 Å². The third kappa shape index (κ3) is 6.37. The Bertz CT molecular complexity index is 1610. The van der Waals surface area contributed by atoms with E-state index in [1.54, 1.807) is 10.9 Å². The lowest BCUT2D eigenvalue weighted by Crippen LogP contribution is -2.49. The van der Waals surface area contributed by atoms with Gasteiger partial charge >= 0.3 is 0 Å². The second kappa shape index (κ2) is 13.1. The molecule has 0 saturated carbocycles. The number of pyridine rings is 1. The van der Waals surface area contributed by atoms with E-state index in [-0.39, 0.29) is 13.4 Å². The molecule has 44 heavy (non-hydrogen) atoms. The first-order valence-corrected chi connectivity index (χ1v) is 15.4. The average Bonchev–Trinajstić information content (AvgIpc) is 3.41. The van der Waals surface area contributed by atoms with Gasteiger partial charge in [0.25, 0.3) is 0 Å². The summed E-state index contributed by atoms with van der Waals surface area (Å²) in [5, 5.41) is 13.6. The van der Waals surface area contributed by atoms with Crippen LogP contribution in [-0.4, -0.2) is 64.5 Å². The van der Waals surface area contributed by atoms with Crippen LogP contribution >= 0.6 is 0 Å².